The number of hydrogen-bond acceptors (Lipinski definition) is 4. The maximum atomic E-state index is 12.9. The molecular weight excluding hydrogens is 378 g/mol. The van der Waals surface area contributed by atoms with Crippen LogP contribution in [0.15, 0.2) is 67.3 Å². The van der Waals surface area contributed by atoms with E-state index in [1.807, 2.05) is 71.1 Å². The number of aromatic nitrogens is 2. The van der Waals surface area contributed by atoms with Gasteiger partial charge in [0.2, 0.25) is 0 Å². The molecule has 0 radical (unpaired) electrons. The van der Waals surface area contributed by atoms with Crippen LogP contribution >= 0.6 is 0 Å². The lowest BCUT2D eigenvalue weighted by Gasteiger charge is -2.32. The molecule has 1 amide bonds. The van der Waals surface area contributed by atoms with Gasteiger partial charge in [-0.3, -0.25) is 4.79 Å². The predicted octanol–water partition coefficient (Wildman–Crippen LogP) is 4.01. The molecule has 1 aliphatic rings. The molecule has 0 saturated carbocycles. The van der Waals surface area contributed by atoms with Crippen molar-refractivity contribution in [1.82, 2.24) is 14.5 Å². The maximum absolute atomic E-state index is 12.9. The second kappa shape index (κ2) is 9.48. The van der Waals surface area contributed by atoms with Crippen LogP contribution in [0, 0.1) is 0 Å². The zero-order valence-corrected chi connectivity index (χ0v) is 17.2. The Hall–Kier alpha value is -3.28. The lowest BCUT2D eigenvalue weighted by Crippen LogP contribution is -2.41. The van der Waals surface area contributed by atoms with Crippen molar-refractivity contribution in [3.63, 3.8) is 0 Å². The van der Waals surface area contributed by atoms with Gasteiger partial charge in [-0.25, -0.2) is 4.98 Å². The molecule has 2 heterocycles. The van der Waals surface area contributed by atoms with Crippen LogP contribution in [-0.2, 0) is 6.54 Å². The van der Waals surface area contributed by atoms with Gasteiger partial charge in [0.15, 0.2) is 11.5 Å². The largest absolute Gasteiger partial charge is 0.490 e. The number of ether oxygens (including phenoxy) is 2. The lowest BCUT2D eigenvalue weighted by molar-refractivity contribution is 0.0589. The third-order valence-electron chi connectivity index (χ3n) is 5.30. The normalized spacial score (nSPS) is 14.5. The molecule has 6 heteroatoms. The highest BCUT2D eigenvalue weighted by Crippen LogP contribution is 2.29. The summed E-state index contributed by atoms with van der Waals surface area (Å²) in [5.41, 5.74) is 1.87. The molecule has 156 valence electrons. The van der Waals surface area contributed by atoms with Crippen molar-refractivity contribution in [1.29, 1.82) is 0 Å². The monoisotopic (exact) mass is 405 g/mol. The molecule has 0 atom stereocenters. The topological polar surface area (TPSA) is 56.6 Å². The highest BCUT2D eigenvalue weighted by Gasteiger charge is 2.25. The van der Waals surface area contributed by atoms with Crippen molar-refractivity contribution < 1.29 is 14.3 Å². The minimum absolute atomic E-state index is 0.0809. The number of imidazole rings is 1. The van der Waals surface area contributed by atoms with E-state index in [0.29, 0.717) is 19.7 Å². The summed E-state index contributed by atoms with van der Waals surface area (Å²) in [7, 11) is 0. The summed E-state index contributed by atoms with van der Waals surface area (Å²) in [5, 5.41) is 0. The summed E-state index contributed by atoms with van der Waals surface area (Å²) in [6.45, 7) is 4.70. The van der Waals surface area contributed by atoms with Crippen LogP contribution in [0.2, 0.25) is 0 Å². The summed E-state index contributed by atoms with van der Waals surface area (Å²) >= 11 is 0. The van der Waals surface area contributed by atoms with Crippen molar-refractivity contribution >= 4 is 5.91 Å². The smallest absolute Gasteiger partial charge is 0.253 e. The number of rotatable bonds is 7. The predicted molar refractivity (Wildman–Crippen MR) is 115 cm³/mol. The van der Waals surface area contributed by atoms with Crippen molar-refractivity contribution in [2.75, 3.05) is 19.7 Å². The first-order chi connectivity index (χ1) is 14.7. The fourth-order valence-electron chi connectivity index (χ4n) is 3.70. The fraction of sp³-hybridized carbons (Fsp3) is 0.333. The number of benzene rings is 2. The van der Waals surface area contributed by atoms with Crippen LogP contribution in [0.4, 0.5) is 0 Å². The van der Waals surface area contributed by atoms with Gasteiger partial charge in [0.05, 0.1) is 12.9 Å². The molecule has 30 heavy (non-hydrogen) atoms. The number of nitrogens with zero attached hydrogens (tertiary/aromatic N) is 3. The molecule has 6 nitrogen and oxygen atoms in total. The summed E-state index contributed by atoms with van der Waals surface area (Å²) in [6, 6.07) is 15.6. The Morgan fingerprint density at radius 3 is 2.47 bits per heavy atom. The van der Waals surface area contributed by atoms with Crippen LogP contribution in [0.3, 0.4) is 0 Å². The van der Waals surface area contributed by atoms with Crippen LogP contribution in [0.5, 0.6) is 11.5 Å². The molecule has 0 bridgehead atoms. The molecule has 2 aromatic carbocycles. The lowest BCUT2D eigenvalue weighted by atomic mass is 10.1. The van der Waals surface area contributed by atoms with Crippen LogP contribution in [-0.4, -0.2) is 46.2 Å². The van der Waals surface area contributed by atoms with Gasteiger partial charge in [0.1, 0.15) is 6.10 Å². The number of carbonyl (C=O) groups excluding carboxylic acids is 1. The first kappa shape index (κ1) is 20.0. The average molecular weight is 405 g/mol. The Labute approximate surface area is 177 Å². The van der Waals surface area contributed by atoms with E-state index in [9.17, 15) is 4.79 Å². The minimum Gasteiger partial charge on any atom is -0.490 e. The van der Waals surface area contributed by atoms with Crippen molar-refractivity contribution in [3.05, 3.63) is 78.4 Å². The first-order valence-corrected chi connectivity index (χ1v) is 10.5. The van der Waals surface area contributed by atoms with E-state index in [1.54, 1.807) is 12.5 Å². The Morgan fingerprint density at radius 2 is 1.80 bits per heavy atom. The molecule has 1 aromatic heterocycles. The Bertz CT molecular complexity index is 946. The number of amides is 1. The van der Waals surface area contributed by atoms with E-state index in [0.717, 1.165) is 42.0 Å². The van der Waals surface area contributed by atoms with Gasteiger partial charge in [0.25, 0.3) is 5.91 Å². The van der Waals surface area contributed by atoms with E-state index in [1.165, 1.54) is 0 Å². The van der Waals surface area contributed by atoms with E-state index in [-0.39, 0.29) is 12.0 Å². The Morgan fingerprint density at radius 1 is 1.07 bits per heavy atom. The van der Waals surface area contributed by atoms with Crippen LogP contribution < -0.4 is 9.47 Å². The molecule has 4 rings (SSSR count). The summed E-state index contributed by atoms with van der Waals surface area (Å²) in [4.78, 5) is 18.9. The van der Waals surface area contributed by atoms with Crippen molar-refractivity contribution in [2.24, 2.45) is 0 Å². The number of para-hydroxylation sites is 2. The quantitative estimate of drug-likeness (QED) is 0.596. The zero-order valence-electron chi connectivity index (χ0n) is 17.2. The minimum atomic E-state index is 0.0809. The molecule has 0 spiro atoms. The Kier molecular flexibility index (Phi) is 6.32. The second-order valence-electron chi connectivity index (χ2n) is 7.42. The van der Waals surface area contributed by atoms with Crippen LogP contribution in [0.1, 0.15) is 35.7 Å². The number of likely N-dealkylation sites (tertiary alicyclic amines) is 1. The molecule has 1 aliphatic heterocycles. The third kappa shape index (κ3) is 4.82. The van der Waals surface area contributed by atoms with Gasteiger partial charge >= 0.3 is 0 Å². The van der Waals surface area contributed by atoms with E-state index in [2.05, 4.69) is 4.98 Å². The van der Waals surface area contributed by atoms with Crippen molar-refractivity contribution in [2.45, 2.75) is 32.4 Å². The van der Waals surface area contributed by atoms with Gasteiger partial charge in [-0.05, 0) is 36.8 Å². The first-order valence-electron chi connectivity index (χ1n) is 10.5. The van der Waals surface area contributed by atoms with E-state index >= 15 is 0 Å². The van der Waals surface area contributed by atoms with Crippen molar-refractivity contribution in [3.8, 4) is 11.5 Å². The third-order valence-corrected chi connectivity index (χ3v) is 5.30. The van der Waals surface area contributed by atoms with Gasteiger partial charge in [-0.15, -0.1) is 0 Å². The van der Waals surface area contributed by atoms with Gasteiger partial charge < -0.3 is 18.9 Å². The molecular formula is C24H27N3O3. The number of carbonyl (C=O) groups is 1. The highest BCUT2D eigenvalue weighted by atomic mass is 16.5. The zero-order chi connectivity index (χ0) is 20.8. The molecule has 0 unspecified atom stereocenters. The summed E-state index contributed by atoms with van der Waals surface area (Å²) in [5.74, 6) is 1.63. The fourth-order valence-corrected chi connectivity index (χ4v) is 3.70. The van der Waals surface area contributed by atoms with Gasteiger partial charge in [-0.1, -0.05) is 24.3 Å². The van der Waals surface area contributed by atoms with Gasteiger partial charge in [0, 0.05) is 50.4 Å². The maximum Gasteiger partial charge on any atom is 0.253 e. The van der Waals surface area contributed by atoms with E-state index < -0.39 is 0 Å². The standard InChI is InChI=1S/C24H27N3O3/c1-2-29-22-5-3-4-6-23(22)30-21-11-14-27(15-12-21)24(28)20-9-7-19(8-10-20)17-26-16-13-25-18-26/h3-10,13,16,18,21H,2,11-12,14-15,17H2,1H3. The molecule has 1 saturated heterocycles. The Balaban J connectivity index is 1.31. The summed E-state index contributed by atoms with van der Waals surface area (Å²) in [6.07, 6.45) is 7.19. The van der Waals surface area contributed by atoms with E-state index in [4.69, 9.17) is 9.47 Å². The molecule has 0 aliphatic carbocycles. The average Bonchev–Trinajstić information content (AvgIpc) is 3.29. The molecule has 3 aromatic rings. The highest BCUT2D eigenvalue weighted by molar-refractivity contribution is 5.94. The number of piperidine rings is 1. The SMILES string of the molecule is CCOc1ccccc1OC1CCN(C(=O)c2ccc(Cn3ccnc3)cc2)CC1. The molecule has 0 N–H and O–H groups in total. The molecule has 1 fully saturated rings. The number of hydrogen-bond donors (Lipinski definition) is 0. The second-order valence-corrected chi connectivity index (χ2v) is 7.42. The summed E-state index contributed by atoms with van der Waals surface area (Å²) < 4.78 is 13.8. The van der Waals surface area contributed by atoms with Gasteiger partial charge in [-0.2, -0.15) is 0 Å². The van der Waals surface area contributed by atoms with Crippen LogP contribution in [0.25, 0.3) is 0 Å².